The zero-order valence-corrected chi connectivity index (χ0v) is 7.10. The molecule has 2 heteroatoms. The molecule has 0 aromatic heterocycles. The SMILES string of the molecule is CCCCN([O])CCCC. The summed E-state index contributed by atoms with van der Waals surface area (Å²) in [6.07, 6.45) is 4.30. The number of hydrogen-bond acceptors (Lipinski definition) is 1. The first-order valence-corrected chi connectivity index (χ1v) is 4.23. The highest BCUT2D eigenvalue weighted by Crippen LogP contribution is 1.95. The van der Waals surface area contributed by atoms with Crippen molar-refractivity contribution in [3.63, 3.8) is 0 Å². The molecule has 0 aliphatic rings. The van der Waals surface area contributed by atoms with Gasteiger partial charge in [0.25, 0.3) is 0 Å². The predicted octanol–water partition coefficient (Wildman–Crippen LogP) is 2.23. The maximum atomic E-state index is 10.9. The summed E-state index contributed by atoms with van der Waals surface area (Å²) in [5.74, 6) is 0. The molecule has 0 aliphatic heterocycles. The van der Waals surface area contributed by atoms with Crippen LogP contribution in [-0.4, -0.2) is 18.2 Å². The Morgan fingerprint density at radius 1 is 1.00 bits per heavy atom. The number of unbranched alkanes of at least 4 members (excludes halogenated alkanes) is 2. The maximum Gasteiger partial charge on any atom is 0.0271 e. The molecule has 0 bridgehead atoms. The van der Waals surface area contributed by atoms with Crippen molar-refractivity contribution in [2.24, 2.45) is 0 Å². The van der Waals surface area contributed by atoms with E-state index in [9.17, 15) is 5.21 Å². The third-order valence-electron chi connectivity index (χ3n) is 1.52. The Morgan fingerprint density at radius 2 is 1.40 bits per heavy atom. The fraction of sp³-hybridized carbons (Fsp3) is 1.00. The Hall–Kier alpha value is -0.0800. The molecular weight excluding hydrogens is 126 g/mol. The van der Waals surface area contributed by atoms with E-state index in [4.69, 9.17) is 0 Å². The third-order valence-corrected chi connectivity index (χ3v) is 1.52. The van der Waals surface area contributed by atoms with E-state index in [0.29, 0.717) is 0 Å². The Bertz CT molecular complexity index is 58.3. The molecule has 0 atom stereocenters. The Kier molecular flexibility index (Phi) is 6.98. The van der Waals surface area contributed by atoms with E-state index in [-0.39, 0.29) is 0 Å². The fourth-order valence-electron chi connectivity index (χ4n) is 0.781. The van der Waals surface area contributed by atoms with Gasteiger partial charge in [-0.15, -0.1) is 5.21 Å². The van der Waals surface area contributed by atoms with Crippen LogP contribution in [0.2, 0.25) is 0 Å². The topological polar surface area (TPSA) is 23.1 Å². The lowest BCUT2D eigenvalue weighted by atomic mass is 10.3. The minimum atomic E-state index is 0.719. The van der Waals surface area contributed by atoms with Crippen LogP contribution in [0.5, 0.6) is 0 Å². The van der Waals surface area contributed by atoms with Gasteiger partial charge in [0.2, 0.25) is 0 Å². The van der Waals surface area contributed by atoms with Crippen molar-refractivity contribution < 1.29 is 5.21 Å². The first-order valence-electron chi connectivity index (χ1n) is 4.23. The van der Waals surface area contributed by atoms with Crippen LogP contribution in [0.4, 0.5) is 0 Å². The second-order valence-corrected chi connectivity index (χ2v) is 2.64. The zero-order valence-electron chi connectivity index (χ0n) is 7.10. The van der Waals surface area contributed by atoms with Crippen molar-refractivity contribution in [3.8, 4) is 0 Å². The summed E-state index contributed by atoms with van der Waals surface area (Å²) >= 11 is 0. The summed E-state index contributed by atoms with van der Waals surface area (Å²) in [5, 5.41) is 12.1. The first kappa shape index (κ1) is 9.92. The van der Waals surface area contributed by atoms with Crippen LogP contribution in [0.25, 0.3) is 0 Å². The van der Waals surface area contributed by atoms with E-state index in [2.05, 4.69) is 13.8 Å². The van der Waals surface area contributed by atoms with Crippen molar-refractivity contribution in [1.82, 2.24) is 5.06 Å². The lowest BCUT2D eigenvalue weighted by Gasteiger charge is -2.09. The predicted molar refractivity (Wildman–Crippen MR) is 42.1 cm³/mol. The van der Waals surface area contributed by atoms with Crippen LogP contribution >= 0.6 is 0 Å². The molecule has 0 N–H and O–H groups in total. The average Bonchev–Trinajstić information content (AvgIpc) is 1.97. The van der Waals surface area contributed by atoms with Crippen molar-refractivity contribution >= 4 is 0 Å². The zero-order chi connectivity index (χ0) is 7.82. The number of hydroxylamine groups is 2. The van der Waals surface area contributed by atoms with Crippen LogP contribution in [0.15, 0.2) is 0 Å². The highest BCUT2D eigenvalue weighted by Gasteiger charge is 1.98. The van der Waals surface area contributed by atoms with E-state index in [1.165, 1.54) is 5.06 Å². The van der Waals surface area contributed by atoms with Crippen molar-refractivity contribution in [2.45, 2.75) is 39.5 Å². The standard InChI is InChI=1S/C8H18NO/c1-3-5-7-9(10)8-6-4-2/h3-8H2,1-2H3. The minimum Gasteiger partial charge on any atom is -0.155 e. The second-order valence-electron chi connectivity index (χ2n) is 2.64. The van der Waals surface area contributed by atoms with Gasteiger partial charge in [-0.25, -0.2) is 0 Å². The van der Waals surface area contributed by atoms with Gasteiger partial charge in [-0.3, -0.25) is 0 Å². The van der Waals surface area contributed by atoms with Crippen LogP contribution in [0.1, 0.15) is 39.5 Å². The van der Waals surface area contributed by atoms with E-state index >= 15 is 0 Å². The fourth-order valence-corrected chi connectivity index (χ4v) is 0.781. The molecule has 0 spiro atoms. The smallest absolute Gasteiger partial charge is 0.0271 e. The van der Waals surface area contributed by atoms with E-state index in [1.54, 1.807) is 0 Å². The number of nitrogens with zero attached hydrogens (tertiary/aromatic N) is 1. The molecule has 0 amide bonds. The van der Waals surface area contributed by atoms with Crippen molar-refractivity contribution in [3.05, 3.63) is 0 Å². The molecule has 0 aromatic rings. The molecular formula is C8H18NO. The van der Waals surface area contributed by atoms with Gasteiger partial charge in [0.15, 0.2) is 0 Å². The summed E-state index contributed by atoms with van der Waals surface area (Å²) in [7, 11) is 0. The van der Waals surface area contributed by atoms with E-state index in [0.717, 1.165) is 38.8 Å². The van der Waals surface area contributed by atoms with Crippen LogP contribution in [0, 0.1) is 0 Å². The number of rotatable bonds is 6. The average molecular weight is 144 g/mol. The Morgan fingerprint density at radius 3 is 1.70 bits per heavy atom. The minimum absolute atomic E-state index is 0.719. The largest absolute Gasteiger partial charge is 0.155 e. The Labute approximate surface area is 63.8 Å². The lowest BCUT2D eigenvalue weighted by Crippen LogP contribution is -2.19. The molecule has 0 aliphatic carbocycles. The van der Waals surface area contributed by atoms with Crippen LogP contribution in [0.3, 0.4) is 0 Å². The maximum absolute atomic E-state index is 10.9. The van der Waals surface area contributed by atoms with E-state index in [1.807, 2.05) is 0 Å². The van der Waals surface area contributed by atoms with Gasteiger partial charge in [0.05, 0.1) is 0 Å². The molecule has 0 unspecified atom stereocenters. The van der Waals surface area contributed by atoms with Crippen LogP contribution < -0.4 is 0 Å². The highest BCUT2D eigenvalue weighted by molar-refractivity contribution is 4.44. The number of hydrogen-bond donors (Lipinski definition) is 0. The summed E-state index contributed by atoms with van der Waals surface area (Å²) in [5.41, 5.74) is 0. The molecule has 0 heterocycles. The van der Waals surface area contributed by atoms with Gasteiger partial charge in [-0.05, 0) is 12.8 Å². The molecule has 1 radical (unpaired) electrons. The monoisotopic (exact) mass is 144 g/mol. The van der Waals surface area contributed by atoms with Gasteiger partial charge in [0, 0.05) is 13.1 Å². The van der Waals surface area contributed by atoms with Gasteiger partial charge < -0.3 is 0 Å². The van der Waals surface area contributed by atoms with Crippen molar-refractivity contribution in [1.29, 1.82) is 0 Å². The highest BCUT2D eigenvalue weighted by atomic mass is 16.5. The summed E-state index contributed by atoms with van der Waals surface area (Å²) in [6, 6.07) is 0. The first-order chi connectivity index (χ1) is 4.81. The molecule has 0 saturated carbocycles. The molecule has 0 rings (SSSR count). The Balaban J connectivity index is 3.00. The van der Waals surface area contributed by atoms with Crippen LogP contribution in [-0.2, 0) is 5.21 Å². The summed E-state index contributed by atoms with van der Waals surface area (Å²) < 4.78 is 0. The molecule has 0 aromatic carbocycles. The molecule has 0 saturated heterocycles. The van der Waals surface area contributed by atoms with Gasteiger partial charge in [-0.2, -0.15) is 5.06 Å². The van der Waals surface area contributed by atoms with Crippen molar-refractivity contribution in [2.75, 3.05) is 13.1 Å². The molecule has 10 heavy (non-hydrogen) atoms. The van der Waals surface area contributed by atoms with Gasteiger partial charge in [-0.1, -0.05) is 26.7 Å². The summed E-state index contributed by atoms with van der Waals surface area (Å²) in [6.45, 7) is 5.65. The normalized spacial score (nSPS) is 10.8. The van der Waals surface area contributed by atoms with Gasteiger partial charge >= 0.3 is 0 Å². The quantitative estimate of drug-likeness (QED) is 0.524. The third kappa shape index (κ3) is 6.05. The van der Waals surface area contributed by atoms with Gasteiger partial charge in [0.1, 0.15) is 0 Å². The molecule has 2 nitrogen and oxygen atoms in total. The summed E-state index contributed by atoms with van der Waals surface area (Å²) in [4.78, 5) is 0. The molecule has 61 valence electrons. The lowest BCUT2D eigenvalue weighted by molar-refractivity contribution is -0.157. The molecule has 0 fully saturated rings. The van der Waals surface area contributed by atoms with E-state index < -0.39 is 0 Å². The second kappa shape index (κ2) is 7.03.